The van der Waals surface area contributed by atoms with Crippen molar-refractivity contribution in [1.29, 1.82) is 0 Å². The second kappa shape index (κ2) is 4.97. The van der Waals surface area contributed by atoms with E-state index >= 15 is 0 Å². The van der Waals surface area contributed by atoms with Crippen molar-refractivity contribution < 1.29 is 5.11 Å². The van der Waals surface area contributed by atoms with Gasteiger partial charge < -0.3 is 10.4 Å². The molecule has 2 N–H and O–H groups in total. The molecule has 1 atom stereocenters. The summed E-state index contributed by atoms with van der Waals surface area (Å²) in [6, 6.07) is 0. The summed E-state index contributed by atoms with van der Waals surface area (Å²) in [5.74, 6) is 0.716. The van der Waals surface area contributed by atoms with E-state index in [2.05, 4.69) is 19.2 Å². The van der Waals surface area contributed by atoms with Gasteiger partial charge in [0.25, 0.3) is 0 Å². The minimum atomic E-state index is 0.341. The molecule has 1 fully saturated rings. The van der Waals surface area contributed by atoms with E-state index in [1.54, 1.807) is 0 Å². The third-order valence-electron chi connectivity index (χ3n) is 3.41. The molecule has 13 heavy (non-hydrogen) atoms. The topological polar surface area (TPSA) is 32.3 Å². The second-order valence-corrected chi connectivity index (χ2v) is 4.52. The maximum atomic E-state index is 8.74. The van der Waals surface area contributed by atoms with Gasteiger partial charge in [-0.3, -0.25) is 0 Å². The van der Waals surface area contributed by atoms with Gasteiger partial charge in [-0.2, -0.15) is 0 Å². The third-order valence-corrected chi connectivity index (χ3v) is 3.41. The first-order valence-electron chi connectivity index (χ1n) is 5.57. The van der Waals surface area contributed by atoms with E-state index in [1.165, 1.54) is 25.8 Å². The highest BCUT2D eigenvalue weighted by atomic mass is 16.2. The number of nitrogens with one attached hydrogen (secondary N) is 1. The van der Waals surface area contributed by atoms with E-state index in [0.717, 1.165) is 12.8 Å². The molecule has 2 nitrogen and oxygen atoms in total. The zero-order chi connectivity index (χ0) is 9.73. The third kappa shape index (κ3) is 2.68. The Morgan fingerprint density at radius 1 is 1.38 bits per heavy atom. The molecule has 1 rings (SSSR count). The van der Waals surface area contributed by atoms with E-state index in [-0.39, 0.29) is 0 Å². The van der Waals surface area contributed by atoms with E-state index in [9.17, 15) is 0 Å². The lowest BCUT2D eigenvalue weighted by molar-refractivity contribution is 0.227. The van der Waals surface area contributed by atoms with Gasteiger partial charge in [0.15, 0.2) is 0 Å². The van der Waals surface area contributed by atoms with Gasteiger partial charge in [0.1, 0.15) is 0 Å². The van der Waals surface area contributed by atoms with E-state index in [4.69, 9.17) is 5.11 Å². The molecule has 0 amide bonds. The van der Waals surface area contributed by atoms with Gasteiger partial charge >= 0.3 is 0 Å². The maximum absolute atomic E-state index is 8.74. The number of hydrogen-bond donors (Lipinski definition) is 2. The smallest absolute Gasteiger partial charge is 0.0431 e. The SMILES string of the molecule is CC(C)C1(CCCCO)CCCN1. The van der Waals surface area contributed by atoms with Crippen LogP contribution in [0.25, 0.3) is 0 Å². The van der Waals surface area contributed by atoms with Gasteiger partial charge in [-0.15, -0.1) is 0 Å². The second-order valence-electron chi connectivity index (χ2n) is 4.52. The van der Waals surface area contributed by atoms with Gasteiger partial charge in [0, 0.05) is 12.1 Å². The van der Waals surface area contributed by atoms with Crippen LogP contribution >= 0.6 is 0 Å². The average molecular weight is 185 g/mol. The fraction of sp³-hybridized carbons (Fsp3) is 1.00. The van der Waals surface area contributed by atoms with Crippen molar-refractivity contribution in [1.82, 2.24) is 5.32 Å². The lowest BCUT2D eigenvalue weighted by Gasteiger charge is -2.34. The summed E-state index contributed by atoms with van der Waals surface area (Å²) >= 11 is 0. The van der Waals surface area contributed by atoms with Gasteiger partial charge in [-0.25, -0.2) is 0 Å². The number of aliphatic hydroxyl groups is 1. The molecule has 0 bridgehead atoms. The Morgan fingerprint density at radius 2 is 2.15 bits per heavy atom. The molecule has 0 spiro atoms. The highest BCUT2D eigenvalue weighted by Gasteiger charge is 2.35. The first-order valence-corrected chi connectivity index (χ1v) is 5.57. The van der Waals surface area contributed by atoms with Crippen molar-refractivity contribution >= 4 is 0 Å². The lowest BCUT2D eigenvalue weighted by atomic mass is 9.81. The Bertz CT molecular complexity index is 139. The van der Waals surface area contributed by atoms with Gasteiger partial charge in [-0.1, -0.05) is 13.8 Å². The van der Waals surface area contributed by atoms with E-state index in [1.807, 2.05) is 0 Å². The molecular formula is C11H23NO. The molecule has 0 radical (unpaired) electrons. The Kier molecular flexibility index (Phi) is 4.20. The number of rotatable bonds is 5. The molecule has 0 aromatic carbocycles. The molecule has 0 aromatic rings. The highest BCUT2D eigenvalue weighted by Crippen LogP contribution is 2.32. The predicted octanol–water partition coefficient (Wildman–Crippen LogP) is 1.93. The Hall–Kier alpha value is -0.0800. The summed E-state index contributed by atoms with van der Waals surface area (Å²) in [4.78, 5) is 0. The molecular weight excluding hydrogens is 162 g/mol. The van der Waals surface area contributed by atoms with Gasteiger partial charge in [-0.05, 0) is 44.6 Å². The average Bonchev–Trinajstić information content (AvgIpc) is 2.55. The first-order chi connectivity index (χ1) is 6.21. The normalized spacial score (nSPS) is 28.6. The van der Waals surface area contributed by atoms with Crippen LogP contribution in [0.15, 0.2) is 0 Å². The van der Waals surface area contributed by atoms with Crippen LogP contribution in [0.1, 0.15) is 46.0 Å². The van der Waals surface area contributed by atoms with Crippen molar-refractivity contribution in [2.45, 2.75) is 51.5 Å². The van der Waals surface area contributed by atoms with Crippen LogP contribution in [0.2, 0.25) is 0 Å². The van der Waals surface area contributed by atoms with E-state index in [0.29, 0.717) is 18.1 Å². The molecule has 1 heterocycles. The molecule has 0 saturated carbocycles. The van der Waals surface area contributed by atoms with Gasteiger partial charge in [0.2, 0.25) is 0 Å². The minimum Gasteiger partial charge on any atom is -0.396 e. The molecule has 2 heteroatoms. The van der Waals surface area contributed by atoms with Crippen LogP contribution < -0.4 is 5.32 Å². The number of hydrogen-bond acceptors (Lipinski definition) is 2. The summed E-state index contributed by atoms with van der Waals surface area (Å²) in [7, 11) is 0. The van der Waals surface area contributed by atoms with Crippen molar-refractivity contribution in [2.75, 3.05) is 13.2 Å². The molecule has 0 aliphatic carbocycles. The highest BCUT2D eigenvalue weighted by molar-refractivity contribution is 4.95. The number of aliphatic hydroxyl groups excluding tert-OH is 1. The summed E-state index contributed by atoms with van der Waals surface area (Å²) in [5.41, 5.74) is 0.384. The summed E-state index contributed by atoms with van der Waals surface area (Å²) in [6.07, 6.45) is 5.97. The lowest BCUT2D eigenvalue weighted by Crippen LogP contribution is -2.44. The van der Waals surface area contributed by atoms with Crippen molar-refractivity contribution in [2.24, 2.45) is 5.92 Å². The molecule has 78 valence electrons. The monoisotopic (exact) mass is 185 g/mol. The predicted molar refractivity (Wildman–Crippen MR) is 55.7 cm³/mol. The number of unbranched alkanes of at least 4 members (excludes halogenated alkanes) is 1. The molecule has 0 aromatic heterocycles. The van der Waals surface area contributed by atoms with Crippen LogP contribution in [0.5, 0.6) is 0 Å². The standard InChI is InChI=1S/C11H23NO/c1-10(2)11(6-3-4-9-13)7-5-8-12-11/h10,12-13H,3-9H2,1-2H3. The maximum Gasteiger partial charge on any atom is 0.0431 e. The Labute approximate surface area is 81.7 Å². The fourth-order valence-corrected chi connectivity index (χ4v) is 2.38. The van der Waals surface area contributed by atoms with Gasteiger partial charge in [0.05, 0.1) is 0 Å². The Morgan fingerprint density at radius 3 is 2.62 bits per heavy atom. The van der Waals surface area contributed by atoms with Crippen LogP contribution in [0.3, 0.4) is 0 Å². The first kappa shape index (κ1) is 11.0. The quantitative estimate of drug-likeness (QED) is 0.641. The van der Waals surface area contributed by atoms with Crippen molar-refractivity contribution in [3.05, 3.63) is 0 Å². The van der Waals surface area contributed by atoms with Crippen LogP contribution in [-0.4, -0.2) is 23.8 Å². The fourth-order valence-electron chi connectivity index (χ4n) is 2.38. The summed E-state index contributed by atoms with van der Waals surface area (Å²) < 4.78 is 0. The van der Waals surface area contributed by atoms with Crippen molar-refractivity contribution in [3.63, 3.8) is 0 Å². The summed E-state index contributed by atoms with van der Waals surface area (Å²) in [5, 5.41) is 12.4. The molecule has 1 aliphatic heterocycles. The molecule has 1 unspecified atom stereocenters. The summed E-state index contributed by atoms with van der Waals surface area (Å²) in [6.45, 7) is 6.13. The largest absolute Gasteiger partial charge is 0.396 e. The van der Waals surface area contributed by atoms with Crippen LogP contribution in [0.4, 0.5) is 0 Å². The zero-order valence-electron chi connectivity index (χ0n) is 8.97. The van der Waals surface area contributed by atoms with Crippen molar-refractivity contribution in [3.8, 4) is 0 Å². The van der Waals surface area contributed by atoms with E-state index < -0.39 is 0 Å². The van der Waals surface area contributed by atoms with Crippen LogP contribution in [-0.2, 0) is 0 Å². The van der Waals surface area contributed by atoms with Crippen LogP contribution in [0, 0.1) is 5.92 Å². The minimum absolute atomic E-state index is 0.341. The Balaban J connectivity index is 2.38. The zero-order valence-corrected chi connectivity index (χ0v) is 8.97. The molecule has 1 saturated heterocycles. The molecule has 1 aliphatic rings.